The fourth-order valence-electron chi connectivity index (χ4n) is 3.07. The van der Waals surface area contributed by atoms with E-state index in [9.17, 15) is 14.4 Å². The quantitative estimate of drug-likeness (QED) is 0.431. The summed E-state index contributed by atoms with van der Waals surface area (Å²) in [5.74, 6) is -0.922. The molecule has 1 aromatic heterocycles. The van der Waals surface area contributed by atoms with E-state index in [0.29, 0.717) is 22.0 Å². The molecule has 2 atom stereocenters. The van der Waals surface area contributed by atoms with Crippen LogP contribution in [0.1, 0.15) is 58.7 Å². The summed E-state index contributed by atoms with van der Waals surface area (Å²) >= 11 is 1.35. The minimum absolute atomic E-state index is 0.210. The van der Waals surface area contributed by atoms with Crippen molar-refractivity contribution in [2.75, 3.05) is 10.6 Å². The molecule has 0 saturated carbocycles. The number of para-hydroxylation sites is 1. The molecule has 2 N–H and O–H groups in total. The Morgan fingerprint density at radius 3 is 2.31 bits per heavy atom. The maximum Gasteiger partial charge on any atom is 0.338 e. The van der Waals surface area contributed by atoms with Gasteiger partial charge in [-0.05, 0) is 66.6 Å². The summed E-state index contributed by atoms with van der Waals surface area (Å²) < 4.78 is 5.34. The Hall–Kier alpha value is -3.45. The van der Waals surface area contributed by atoms with Gasteiger partial charge >= 0.3 is 5.97 Å². The summed E-state index contributed by atoms with van der Waals surface area (Å²) in [7, 11) is 0. The predicted octanol–water partition coefficient (Wildman–Crippen LogP) is 5.70. The van der Waals surface area contributed by atoms with Gasteiger partial charge in [0.1, 0.15) is 0 Å². The highest BCUT2D eigenvalue weighted by atomic mass is 32.1. The fraction of sp³-hybridized carbons (Fsp3) is 0.240. The van der Waals surface area contributed by atoms with Gasteiger partial charge in [-0.3, -0.25) is 9.59 Å². The first-order valence-corrected chi connectivity index (χ1v) is 11.3. The summed E-state index contributed by atoms with van der Waals surface area (Å²) in [6.45, 7) is 5.72. The van der Waals surface area contributed by atoms with E-state index in [4.69, 9.17) is 4.74 Å². The second-order valence-electron chi connectivity index (χ2n) is 7.44. The van der Waals surface area contributed by atoms with Crippen molar-refractivity contribution in [3.63, 3.8) is 0 Å². The summed E-state index contributed by atoms with van der Waals surface area (Å²) in [6, 6.07) is 17.5. The van der Waals surface area contributed by atoms with Gasteiger partial charge in [-0.1, -0.05) is 38.1 Å². The van der Waals surface area contributed by atoms with Crippen molar-refractivity contribution in [3.8, 4) is 0 Å². The SMILES string of the molecule is CCC(C)c1ccccc1NC(=O)C(C)OC(=O)c1ccc(NC(=O)c2cccs2)cc1. The number of hydrogen-bond donors (Lipinski definition) is 2. The topological polar surface area (TPSA) is 84.5 Å². The molecular formula is C25H26N2O4S. The molecule has 6 nitrogen and oxygen atoms in total. The first-order valence-electron chi connectivity index (χ1n) is 10.4. The van der Waals surface area contributed by atoms with Crippen LogP contribution < -0.4 is 10.6 Å². The minimum Gasteiger partial charge on any atom is -0.449 e. The van der Waals surface area contributed by atoms with Gasteiger partial charge in [0.15, 0.2) is 6.10 Å². The van der Waals surface area contributed by atoms with Crippen molar-refractivity contribution in [2.24, 2.45) is 0 Å². The maximum absolute atomic E-state index is 12.6. The predicted molar refractivity (Wildman–Crippen MR) is 127 cm³/mol. The van der Waals surface area contributed by atoms with E-state index in [1.165, 1.54) is 18.3 Å². The average molecular weight is 451 g/mol. The molecule has 0 radical (unpaired) electrons. The van der Waals surface area contributed by atoms with Crippen LogP contribution >= 0.6 is 11.3 Å². The number of ether oxygens (including phenoxy) is 1. The molecule has 2 amide bonds. The summed E-state index contributed by atoms with van der Waals surface area (Å²) in [6.07, 6.45) is -0.0213. The van der Waals surface area contributed by atoms with E-state index in [2.05, 4.69) is 24.5 Å². The van der Waals surface area contributed by atoms with Gasteiger partial charge in [0.2, 0.25) is 0 Å². The van der Waals surface area contributed by atoms with E-state index in [1.807, 2.05) is 29.6 Å². The first-order chi connectivity index (χ1) is 15.4. The lowest BCUT2D eigenvalue weighted by Crippen LogP contribution is -2.30. The summed E-state index contributed by atoms with van der Waals surface area (Å²) in [4.78, 5) is 37.8. The Bertz CT molecular complexity index is 1080. The highest BCUT2D eigenvalue weighted by Gasteiger charge is 2.20. The van der Waals surface area contributed by atoms with Gasteiger partial charge in [-0.25, -0.2) is 4.79 Å². The van der Waals surface area contributed by atoms with Crippen LogP contribution in [0.25, 0.3) is 0 Å². The average Bonchev–Trinajstić information content (AvgIpc) is 3.34. The molecule has 7 heteroatoms. The largest absolute Gasteiger partial charge is 0.449 e. The van der Waals surface area contributed by atoms with E-state index >= 15 is 0 Å². The number of esters is 1. The molecule has 0 aliphatic carbocycles. The molecule has 0 aliphatic heterocycles. The van der Waals surface area contributed by atoms with Gasteiger partial charge < -0.3 is 15.4 Å². The van der Waals surface area contributed by atoms with Gasteiger partial charge in [0.05, 0.1) is 10.4 Å². The van der Waals surface area contributed by atoms with Crippen molar-refractivity contribution in [2.45, 2.75) is 39.2 Å². The van der Waals surface area contributed by atoms with E-state index in [0.717, 1.165) is 17.7 Å². The van der Waals surface area contributed by atoms with Gasteiger partial charge in [0.25, 0.3) is 11.8 Å². The second kappa shape index (κ2) is 10.7. The molecule has 0 spiro atoms. The molecule has 0 saturated heterocycles. The van der Waals surface area contributed by atoms with Crippen molar-refractivity contribution in [3.05, 3.63) is 82.0 Å². The van der Waals surface area contributed by atoms with Gasteiger partial charge in [-0.15, -0.1) is 11.3 Å². The first kappa shape index (κ1) is 23.2. The summed E-state index contributed by atoms with van der Waals surface area (Å²) in [5.41, 5.74) is 2.62. The maximum atomic E-state index is 12.6. The Morgan fingerprint density at radius 1 is 0.938 bits per heavy atom. The van der Waals surface area contributed by atoms with Crippen LogP contribution in [0.3, 0.4) is 0 Å². The Balaban J connectivity index is 1.58. The van der Waals surface area contributed by atoms with E-state index in [-0.39, 0.29) is 5.91 Å². The number of carbonyl (C=O) groups excluding carboxylic acids is 3. The molecule has 0 aliphatic rings. The molecule has 0 fully saturated rings. The van der Waals surface area contributed by atoms with Crippen molar-refractivity contribution in [1.82, 2.24) is 0 Å². The highest BCUT2D eigenvalue weighted by molar-refractivity contribution is 7.12. The van der Waals surface area contributed by atoms with Gasteiger partial charge in [0, 0.05) is 11.4 Å². The van der Waals surface area contributed by atoms with E-state index in [1.54, 1.807) is 36.4 Å². The zero-order valence-electron chi connectivity index (χ0n) is 18.3. The summed E-state index contributed by atoms with van der Waals surface area (Å²) in [5, 5.41) is 7.46. The third kappa shape index (κ3) is 5.82. The molecule has 2 unspecified atom stereocenters. The number of rotatable bonds is 8. The molecule has 0 bridgehead atoms. The Morgan fingerprint density at radius 2 is 1.66 bits per heavy atom. The van der Waals surface area contributed by atoms with E-state index < -0.39 is 18.0 Å². The van der Waals surface area contributed by atoms with Crippen molar-refractivity contribution < 1.29 is 19.1 Å². The highest BCUT2D eigenvalue weighted by Crippen LogP contribution is 2.26. The number of nitrogens with one attached hydrogen (secondary N) is 2. The lowest BCUT2D eigenvalue weighted by atomic mass is 9.97. The van der Waals surface area contributed by atoms with Crippen molar-refractivity contribution in [1.29, 1.82) is 0 Å². The van der Waals surface area contributed by atoms with Crippen molar-refractivity contribution >= 4 is 40.5 Å². The lowest BCUT2D eigenvalue weighted by Gasteiger charge is -2.18. The molecule has 3 rings (SSSR count). The molecule has 3 aromatic rings. The number of carbonyl (C=O) groups is 3. The number of thiophene rings is 1. The van der Waals surface area contributed by atoms with Crippen LogP contribution in [0.4, 0.5) is 11.4 Å². The van der Waals surface area contributed by atoms with Crippen LogP contribution in [-0.4, -0.2) is 23.9 Å². The third-order valence-corrected chi connectivity index (χ3v) is 6.01. The van der Waals surface area contributed by atoms with Crippen LogP contribution in [0.5, 0.6) is 0 Å². The monoisotopic (exact) mass is 450 g/mol. The molecule has 1 heterocycles. The molecule has 166 valence electrons. The molecule has 2 aromatic carbocycles. The number of amides is 2. The third-order valence-electron chi connectivity index (χ3n) is 5.14. The van der Waals surface area contributed by atoms with Crippen LogP contribution in [0.2, 0.25) is 0 Å². The Labute approximate surface area is 191 Å². The fourth-order valence-corrected chi connectivity index (χ4v) is 3.69. The smallest absolute Gasteiger partial charge is 0.338 e. The van der Waals surface area contributed by atoms with Gasteiger partial charge in [-0.2, -0.15) is 0 Å². The zero-order chi connectivity index (χ0) is 23.1. The molecular weight excluding hydrogens is 424 g/mol. The normalized spacial score (nSPS) is 12.5. The van der Waals surface area contributed by atoms with Crippen LogP contribution in [0.15, 0.2) is 66.0 Å². The number of benzene rings is 2. The molecule has 32 heavy (non-hydrogen) atoms. The Kier molecular flexibility index (Phi) is 7.78. The zero-order valence-corrected chi connectivity index (χ0v) is 19.1. The minimum atomic E-state index is -0.967. The standard InChI is InChI=1S/C25H26N2O4S/c1-4-16(2)20-8-5-6-9-21(20)27-23(28)17(3)31-25(30)18-11-13-19(14-12-18)26-24(29)22-10-7-15-32-22/h5-17H,4H2,1-3H3,(H,26,29)(H,27,28). The van der Waals surface area contributed by atoms with Crippen LogP contribution in [-0.2, 0) is 9.53 Å². The second-order valence-corrected chi connectivity index (χ2v) is 8.39. The number of hydrogen-bond acceptors (Lipinski definition) is 5. The number of anilines is 2. The van der Waals surface area contributed by atoms with Crippen LogP contribution in [0, 0.1) is 0 Å². The lowest BCUT2D eigenvalue weighted by molar-refractivity contribution is -0.123.